The molecular weight excluding hydrogens is 328 g/mol. The summed E-state index contributed by atoms with van der Waals surface area (Å²) in [6, 6.07) is 13.1. The molecule has 0 aliphatic heterocycles. The van der Waals surface area contributed by atoms with Crippen molar-refractivity contribution in [2.24, 2.45) is 0 Å². The number of amides is 2. The number of para-hydroxylation sites is 1. The number of ether oxygens (including phenoxy) is 1. The van der Waals surface area contributed by atoms with Crippen LogP contribution in [0.25, 0.3) is 0 Å². The Bertz CT molecular complexity index is 807. The highest BCUT2D eigenvalue weighted by atomic mass is 16.5. The summed E-state index contributed by atoms with van der Waals surface area (Å²) in [4.78, 5) is 23.6. The third kappa shape index (κ3) is 5.09. The number of benzene rings is 2. The molecule has 0 saturated carbocycles. The first kappa shape index (κ1) is 19.5. The molecule has 0 unspecified atom stereocenters. The summed E-state index contributed by atoms with van der Waals surface area (Å²) in [7, 11) is 0. The van der Waals surface area contributed by atoms with Crippen molar-refractivity contribution in [1.82, 2.24) is 0 Å². The van der Waals surface area contributed by atoms with Gasteiger partial charge in [0.25, 0.3) is 5.91 Å². The average molecular weight is 354 g/mol. The number of hydrogen-bond acceptors (Lipinski definition) is 3. The smallest absolute Gasteiger partial charge is 0.262 e. The monoisotopic (exact) mass is 354 g/mol. The number of hydrogen-bond donors (Lipinski definition) is 2. The second-order valence-electron chi connectivity index (χ2n) is 7.24. The van der Waals surface area contributed by atoms with Gasteiger partial charge in [-0.05, 0) is 41.7 Å². The van der Waals surface area contributed by atoms with Gasteiger partial charge < -0.3 is 15.4 Å². The Kier molecular flexibility index (Phi) is 6.03. The molecule has 5 heteroatoms. The fourth-order valence-corrected chi connectivity index (χ4v) is 2.64. The summed E-state index contributed by atoms with van der Waals surface area (Å²) in [6.45, 7) is 9.52. The van der Waals surface area contributed by atoms with Crippen LogP contribution in [-0.2, 0) is 15.0 Å². The third-order valence-electron chi connectivity index (χ3n) is 3.97. The molecule has 0 aliphatic carbocycles. The van der Waals surface area contributed by atoms with Crippen LogP contribution in [0.15, 0.2) is 42.5 Å². The van der Waals surface area contributed by atoms with Gasteiger partial charge in [0.1, 0.15) is 5.75 Å². The minimum atomic E-state index is -0.253. The summed E-state index contributed by atoms with van der Waals surface area (Å²) >= 11 is 0. The molecule has 2 aromatic rings. The van der Waals surface area contributed by atoms with Crippen LogP contribution < -0.4 is 15.4 Å². The summed E-state index contributed by atoms with van der Waals surface area (Å²) in [6.07, 6.45) is 0. The van der Waals surface area contributed by atoms with E-state index in [1.54, 1.807) is 18.2 Å². The molecule has 138 valence electrons. The maximum absolute atomic E-state index is 12.3. The number of anilines is 2. The molecule has 2 aromatic carbocycles. The SMILES string of the molecule is CC(=O)Nc1cccc(NC(=O)COc2ccccc2C(C)(C)C)c1C. The van der Waals surface area contributed by atoms with Gasteiger partial charge in [0.15, 0.2) is 6.61 Å². The molecule has 0 atom stereocenters. The lowest BCUT2D eigenvalue weighted by Gasteiger charge is -2.22. The predicted molar refractivity (Wildman–Crippen MR) is 105 cm³/mol. The Hall–Kier alpha value is -2.82. The molecule has 5 nitrogen and oxygen atoms in total. The Labute approximate surface area is 154 Å². The van der Waals surface area contributed by atoms with Crippen molar-refractivity contribution < 1.29 is 14.3 Å². The van der Waals surface area contributed by atoms with Crippen molar-refractivity contribution in [3.8, 4) is 5.75 Å². The molecule has 2 N–H and O–H groups in total. The first-order chi connectivity index (χ1) is 12.2. The number of nitrogens with one attached hydrogen (secondary N) is 2. The Balaban J connectivity index is 2.06. The van der Waals surface area contributed by atoms with Gasteiger partial charge in [-0.25, -0.2) is 0 Å². The van der Waals surface area contributed by atoms with Crippen LogP contribution in [0.3, 0.4) is 0 Å². The standard InChI is InChI=1S/C21H26N2O3/c1-14-17(22-15(2)24)10-8-11-18(14)23-20(25)13-26-19-12-7-6-9-16(19)21(3,4)5/h6-12H,13H2,1-5H3,(H,22,24)(H,23,25). The third-order valence-corrected chi connectivity index (χ3v) is 3.97. The highest BCUT2D eigenvalue weighted by molar-refractivity contribution is 5.95. The van der Waals surface area contributed by atoms with Crippen molar-refractivity contribution in [2.45, 2.75) is 40.0 Å². The fraction of sp³-hybridized carbons (Fsp3) is 0.333. The van der Waals surface area contributed by atoms with Gasteiger partial charge in [-0.3, -0.25) is 9.59 Å². The second kappa shape index (κ2) is 8.04. The van der Waals surface area contributed by atoms with Crippen LogP contribution in [0.1, 0.15) is 38.8 Å². The summed E-state index contributed by atoms with van der Waals surface area (Å²) in [5.74, 6) is 0.300. The number of rotatable bonds is 5. The highest BCUT2D eigenvalue weighted by Crippen LogP contribution is 2.31. The van der Waals surface area contributed by atoms with Gasteiger partial charge in [0, 0.05) is 18.3 Å². The maximum Gasteiger partial charge on any atom is 0.262 e. The van der Waals surface area contributed by atoms with Gasteiger partial charge in [-0.15, -0.1) is 0 Å². The molecular formula is C21H26N2O3. The van der Waals surface area contributed by atoms with Gasteiger partial charge in [-0.2, -0.15) is 0 Å². The Morgan fingerprint density at radius 1 is 0.962 bits per heavy atom. The van der Waals surface area contributed by atoms with Crippen LogP contribution in [0.2, 0.25) is 0 Å². The van der Waals surface area contributed by atoms with Gasteiger partial charge in [-0.1, -0.05) is 45.0 Å². The minimum absolute atomic E-state index is 0.0731. The van der Waals surface area contributed by atoms with E-state index in [0.29, 0.717) is 17.1 Å². The van der Waals surface area contributed by atoms with Gasteiger partial charge >= 0.3 is 0 Å². The van der Waals surface area contributed by atoms with E-state index in [1.807, 2.05) is 31.2 Å². The molecule has 0 aliphatic rings. The van der Waals surface area contributed by atoms with E-state index in [-0.39, 0.29) is 23.8 Å². The van der Waals surface area contributed by atoms with Crippen molar-refractivity contribution in [3.05, 3.63) is 53.6 Å². The first-order valence-electron chi connectivity index (χ1n) is 8.58. The van der Waals surface area contributed by atoms with E-state index < -0.39 is 0 Å². The average Bonchev–Trinajstić information content (AvgIpc) is 2.55. The molecule has 0 heterocycles. The van der Waals surface area contributed by atoms with Crippen molar-refractivity contribution in [1.29, 1.82) is 0 Å². The molecule has 2 amide bonds. The quantitative estimate of drug-likeness (QED) is 0.843. The topological polar surface area (TPSA) is 67.4 Å². The zero-order valence-electron chi connectivity index (χ0n) is 16.0. The van der Waals surface area contributed by atoms with Gasteiger partial charge in [0.05, 0.1) is 0 Å². The zero-order valence-corrected chi connectivity index (χ0v) is 16.0. The second-order valence-corrected chi connectivity index (χ2v) is 7.24. The lowest BCUT2D eigenvalue weighted by Crippen LogP contribution is -2.22. The molecule has 2 rings (SSSR count). The Morgan fingerprint density at radius 2 is 1.58 bits per heavy atom. The zero-order chi connectivity index (χ0) is 19.3. The molecule has 0 radical (unpaired) electrons. The van der Waals surface area contributed by atoms with E-state index in [0.717, 1.165) is 11.1 Å². The van der Waals surface area contributed by atoms with E-state index in [4.69, 9.17) is 4.74 Å². The lowest BCUT2D eigenvalue weighted by molar-refractivity contribution is -0.118. The van der Waals surface area contributed by atoms with Crippen molar-refractivity contribution in [3.63, 3.8) is 0 Å². The molecule has 26 heavy (non-hydrogen) atoms. The van der Waals surface area contributed by atoms with E-state index in [2.05, 4.69) is 31.4 Å². The molecule has 0 saturated heterocycles. The molecule has 0 aromatic heterocycles. The van der Waals surface area contributed by atoms with E-state index >= 15 is 0 Å². The molecule has 0 spiro atoms. The van der Waals surface area contributed by atoms with Crippen LogP contribution in [0, 0.1) is 6.92 Å². The number of carbonyl (C=O) groups excluding carboxylic acids is 2. The summed E-state index contributed by atoms with van der Waals surface area (Å²) < 4.78 is 5.75. The number of carbonyl (C=O) groups is 2. The van der Waals surface area contributed by atoms with E-state index in [1.165, 1.54) is 6.92 Å². The lowest BCUT2D eigenvalue weighted by atomic mass is 9.86. The maximum atomic E-state index is 12.3. The van der Waals surface area contributed by atoms with E-state index in [9.17, 15) is 9.59 Å². The largest absolute Gasteiger partial charge is 0.483 e. The normalized spacial score (nSPS) is 11.0. The predicted octanol–water partition coefficient (Wildman–Crippen LogP) is 4.27. The van der Waals surface area contributed by atoms with Crippen molar-refractivity contribution in [2.75, 3.05) is 17.2 Å². The van der Waals surface area contributed by atoms with Crippen LogP contribution in [0.4, 0.5) is 11.4 Å². The molecule has 0 bridgehead atoms. The highest BCUT2D eigenvalue weighted by Gasteiger charge is 2.19. The molecule has 0 fully saturated rings. The minimum Gasteiger partial charge on any atom is -0.483 e. The van der Waals surface area contributed by atoms with Crippen LogP contribution in [0.5, 0.6) is 5.75 Å². The summed E-state index contributed by atoms with van der Waals surface area (Å²) in [5, 5.41) is 5.58. The van der Waals surface area contributed by atoms with Crippen LogP contribution in [-0.4, -0.2) is 18.4 Å². The first-order valence-corrected chi connectivity index (χ1v) is 8.58. The van der Waals surface area contributed by atoms with Gasteiger partial charge in [0.2, 0.25) is 5.91 Å². The van der Waals surface area contributed by atoms with Crippen molar-refractivity contribution >= 4 is 23.2 Å². The summed E-state index contributed by atoms with van der Waals surface area (Å²) in [5.41, 5.74) is 3.10. The Morgan fingerprint density at radius 3 is 2.19 bits per heavy atom. The fourth-order valence-electron chi connectivity index (χ4n) is 2.64. The van der Waals surface area contributed by atoms with Crippen LogP contribution >= 0.6 is 0 Å².